The fraction of sp³-hybridized carbons (Fsp3) is 0.235. The summed E-state index contributed by atoms with van der Waals surface area (Å²) < 4.78 is 29.3. The Bertz CT molecular complexity index is 678. The van der Waals surface area contributed by atoms with Crippen molar-refractivity contribution in [3.63, 3.8) is 0 Å². The summed E-state index contributed by atoms with van der Waals surface area (Å²) in [6, 6.07) is 9.75. The van der Waals surface area contributed by atoms with Gasteiger partial charge in [0.1, 0.15) is 5.75 Å². The molecule has 0 spiro atoms. The molecule has 0 N–H and O–H groups in total. The lowest BCUT2D eigenvalue weighted by Gasteiger charge is -2.12. The number of aryl methyl sites for hydroxylation is 3. The van der Waals surface area contributed by atoms with Crippen LogP contribution in [-0.4, -0.2) is 12.4 Å². The average Bonchev–Trinajstić information content (AvgIpc) is 2.42. The predicted molar refractivity (Wildman–Crippen MR) is 77.2 cm³/mol. The van der Waals surface area contributed by atoms with Crippen LogP contribution in [0.1, 0.15) is 32.6 Å². The summed E-state index contributed by atoms with van der Waals surface area (Å²) in [5.74, 6) is -0.415. The number of rotatable bonds is 4. The molecular formula is C17H16F2O2. The number of carbonyl (C=O) groups excluding carboxylic acids is 1. The number of ether oxygens (including phenoxy) is 1. The molecule has 110 valence electrons. The maximum atomic E-state index is 12.6. The summed E-state index contributed by atoms with van der Waals surface area (Å²) in [4.78, 5) is 12.6. The summed E-state index contributed by atoms with van der Waals surface area (Å²) in [5.41, 5.74) is 3.53. The SMILES string of the molecule is Cc1cc(C)c(C(=O)c2ccccc2OC(F)F)cc1C. The second-order valence-electron chi connectivity index (χ2n) is 4.96. The van der Waals surface area contributed by atoms with Gasteiger partial charge in [0, 0.05) is 5.56 Å². The Morgan fingerprint density at radius 3 is 2.24 bits per heavy atom. The first-order valence-corrected chi connectivity index (χ1v) is 6.56. The van der Waals surface area contributed by atoms with Gasteiger partial charge < -0.3 is 4.74 Å². The van der Waals surface area contributed by atoms with Gasteiger partial charge in [-0.2, -0.15) is 8.78 Å². The molecule has 0 unspecified atom stereocenters. The Morgan fingerprint density at radius 2 is 1.57 bits per heavy atom. The van der Waals surface area contributed by atoms with Crippen LogP contribution >= 0.6 is 0 Å². The molecule has 2 aromatic rings. The average molecular weight is 290 g/mol. The largest absolute Gasteiger partial charge is 0.434 e. The normalized spacial score (nSPS) is 10.8. The molecule has 0 aliphatic heterocycles. The van der Waals surface area contributed by atoms with Crippen molar-refractivity contribution in [2.45, 2.75) is 27.4 Å². The van der Waals surface area contributed by atoms with E-state index in [4.69, 9.17) is 0 Å². The van der Waals surface area contributed by atoms with Crippen molar-refractivity contribution >= 4 is 5.78 Å². The van der Waals surface area contributed by atoms with Crippen LogP contribution in [0.25, 0.3) is 0 Å². The van der Waals surface area contributed by atoms with E-state index in [1.165, 1.54) is 12.1 Å². The van der Waals surface area contributed by atoms with Gasteiger partial charge in [-0.05, 0) is 55.7 Å². The molecule has 0 atom stereocenters. The van der Waals surface area contributed by atoms with E-state index in [-0.39, 0.29) is 17.1 Å². The Kier molecular flexibility index (Phi) is 4.36. The van der Waals surface area contributed by atoms with Gasteiger partial charge in [0.05, 0.1) is 5.56 Å². The van der Waals surface area contributed by atoms with E-state index in [9.17, 15) is 13.6 Å². The monoisotopic (exact) mass is 290 g/mol. The van der Waals surface area contributed by atoms with Crippen LogP contribution in [-0.2, 0) is 0 Å². The third-order valence-corrected chi connectivity index (χ3v) is 3.43. The lowest BCUT2D eigenvalue weighted by atomic mass is 9.94. The van der Waals surface area contributed by atoms with Crippen molar-refractivity contribution in [1.82, 2.24) is 0 Å². The van der Waals surface area contributed by atoms with Gasteiger partial charge in [-0.3, -0.25) is 4.79 Å². The number of hydrogen-bond donors (Lipinski definition) is 0. The zero-order valence-electron chi connectivity index (χ0n) is 12.1. The lowest BCUT2D eigenvalue weighted by Crippen LogP contribution is -2.10. The van der Waals surface area contributed by atoms with E-state index in [0.29, 0.717) is 5.56 Å². The van der Waals surface area contributed by atoms with E-state index in [0.717, 1.165) is 16.7 Å². The van der Waals surface area contributed by atoms with Crippen LogP contribution in [0.2, 0.25) is 0 Å². The Hall–Kier alpha value is -2.23. The molecule has 0 aromatic heterocycles. The van der Waals surface area contributed by atoms with Crippen molar-refractivity contribution in [3.05, 3.63) is 64.2 Å². The number of carbonyl (C=O) groups is 1. The topological polar surface area (TPSA) is 26.3 Å². The molecular weight excluding hydrogens is 274 g/mol. The van der Waals surface area contributed by atoms with Gasteiger partial charge in [-0.1, -0.05) is 18.2 Å². The fourth-order valence-corrected chi connectivity index (χ4v) is 2.20. The van der Waals surface area contributed by atoms with Crippen LogP contribution < -0.4 is 4.74 Å². The van der Waals surface area contributed by atoms with Gasteiger partial charge in [-0.25, -0.2) is 0 Å². The zero-order chi connectivity index (χ0) is 15.6. The highest BCUT2D eigenvalue weighted by Crippen LogP contribution is 2.25. The molecule has 4 heteroatoms. The predicted octanol–water partition coefficient (Wildman–Crippen LogP) is 4.44. The molecule has 0 fully saturated rings. The third kappa shape index (κ3) is 3.27. The van der Waals surface area contributed by atoms with Crippen molar-refractivity contribution in [2.24, 2.45) is 0 Å². The minimum Gasteiger partial charge on any atom is -0.434 e. The number of halogens is 2. The molecule has 2 rings (SSSR count). The number of ketones is 1. The van der Waals surface area contributed by atoms with Gasteiger partial charge >= 0.3 is 6.61 Å². The second kappa shape index (κ2) is 6.04. The molecule has 0 saturated heterocycles. The molecule has 2 nitrogen and oxygen atoms in total. The molecule has 0 bridgehead atoms. The first kappa shape index (κ1) is 15.2. The highest BCUT2D eigenvalue weighted by molar-refractivity contribution is 6.11. The highest BCUT2D eigenvalue weighted by Gasteiger charge is 2.18. The van der Waals surface area contributed by atoms with Crippen molar-refractivity contribution in [1.29, 1.82) is 0 Å². The van der Waals surface area contributed by atoms with Gasteiger partial charge in [0.2, 0.25) is 0 Å². The fourth-order valence-electron chi connectivity index (χ4n) is 2.20. The molecule has 0 heterocycles. The Labute approximate surface area is 122 Å². The van der Waals surface area contributed by atoms with Crippen LogP contribution in [0.3, 0.4) is 0 Å². The summed E-state index contributed by atoms with van der Waals surface area (Å²) >= 11 is 0. The maximum absolute atomic E-state index is 12.6. The third-order valence-electron chi connectivity index (χ3n) is 3.43. The van der Waals surface area contributed by atoms with Crippen LogP contribution in [0.4, 0.5) is 8.78 Å². The number of hydrogen-bond acceptors (Lipinski definition) is 2. The number of para-hydroxylation sites is 1. The Morgan fingerprint density at radius 1 is 0.952 bits per heavy atom. The van der Waals surface area contributed by atoms with Crippen molar-refractivity contribution in [3.8, 4) is 5.75 Å². The van der Waals surface area contributed by atoms with E-state index in [1.807, 2.05) is 26.8 Å². The zero-order valence-corrected chi connectivity index (χ0v) is 12.1. The summed E-state index contributed by atoms with van der Waals surface area (Å²) in [6.45, 7) is 2.74. The first-order valence-electron chi connectivity index (χ1n) is 6.56. The van der Waals surface area contributed by atoms with E-state index >= 15 is 0 Å². The summed E-state index contributed by atoms with van der Waals surface area (Å²) in [6.07, 6.45) is 0. The van der Waals surface area contributed by atoms with Crippen LogP contribution in [0.5, 0.6) is 5.75 Å². The van der Waals surface area contributed by atoms with Crippen molar-refractivity contribution in [2.75, 3.05) is 0 Å². The van der Waals surface area contributed by atoms with E-state index < -0.39 is 6.61 Å². The maximum Gasteiger partial charge on any atom is 0.387 e. The molecule has 2 aromatic carbocycles. The smallest absolute Gasteiger partial charge is 0.387 e. The molecule has 21 heavy (non-hydrogen) atoms. The lowest BCUT2D eigenvalue weighted by molar-refractivity contribution is -0.0501. The highest BCUT2D eigenvalue weighted by atomic mass is 19.3. The second-order valence-corrected chi connectivity index (χ2v) is 4.96. The van der Waals surface area contributed by atoms with Crippen LogP contribution in [0, 0.1) is 20.8 Å². The van der Waals surface area contributed by atoms with E-state index in [1.54, 1.807) is 18.2 Å². The molecule has 0 saturated carbocycles. The molecule has 0 amide bonds. The standard InChI is InChI=1S/C17H16F2O2/c1-10-8-12(3)14(9-11(10)2)16(20)13-6-4-5-7-15(13)21-17(18)19/h4-9,17H,1-3H3. The number of alkyl halides is 2. The summed E-state index contributed by atoms with van der Waals surface area (Å²) in [7, 11) is 0. The quantitative estimate of drug-likeness (QED) is 0.778. The summed E-state index contributed by atoms with van der Waals surface area (Å²) in [5, 5.41) is 0. The van der Waals surface area contributed by atoms with E-state index in [2.05, 4.69) is 4.74 Å². The minimum atomic E-state index is -2.96. The van der Waals surface area contributed by atoms with Gasteiger partial charge in [-0.15, -0.1) is 0 Å². The molecule has 0 aliphatic rings. The Balaban J connectivity index is 2.48. The van der Waals surface area contributed by atoms with Gasteiger partial charge in [0.15, 0.2) is 5.78 Å². The van der Waals surface area contributed by atoms with Crippen LogP contribution in [0.15, 0.2) is 36.4 Å². The first-order chi connectivity index (χ1) is 9.90. The molecule has 0 aliphatic carbocycles. The van der Waals surface area contributed by atoms with Gasteiger partial charge in [0.25, 0.3) is 0 Å². The van der Waals surface area contributed by atoms with Crippen molar-refractivity contribution < 1.29 is 18.3 Å². The number of benzene rings is 2. The minimum absolute atomic E-state index is 0.102. The molecule has 0 radical (unpaired) electrons.